The number of hydrogen-bond donors (Lipinski definition) is 0. The molecule has 0 spiro atoms. The zero-order valence-corrected chi connectivity index (χ0v) is 24.2. The summed E-state index contributed by atoms with van der Waals surface area (Å²) >= 11 is 0. The first-order valence-corrected chi connectivity index (χ1v) is 16.5. The van der Waals surface area contributed by atoms with Crippen molar-refractivity contribution in [3.8, 4) is 11.1 Å². The molecule has 2 aromatic rings. The van der Waals surface area contributed by atoms with E-state index in [2.05, 4.69) is 77.9 Å². The van der Waals surface area contributed by atoms with Gasteiger partial charge in [-0.05, 0) is 71.3 Å². The van der Waals surface area contributed by atoms with Crippen LogP contribution >= 0.6 is 7.14 Å². The molecule has 4 rings (SSSR count). The molecule has 2 aliphatic carbocycles. The van der Waals surface area contributed by atoms with Crippen LogP contribution in [0, 0.1) is 0 Å². The maximum atomic E-state index is 15.7. The molecule has 2 aromatic carbocycles. The fourth-order valence-corrected chi connectivity index (χ4v) is 11.4. The molecule has 0 aromatic heterocycles. The molecule has 2 heteroatoms. The zero-order chi connectivity index (χ0) is 25.2. The Labute approximate surface area is 215 Å². The van der Waals surface area contributed by atoms with Crippen LogP contribution in [0.3, 0.4) is 0 Å². The van der Waals surface area contributed by atoms with Gasteiger partial charge in [0, 0.05) is 16.6 Å². The van der Waals surface area contributed by atoms with E-state index >= 15 is 4.57 Å². The van der Waals surface area contributed by atoms with Crippen molar-refractivity contribution in [3.05, 3.63) is 53.1 Å². The van der Waals surface area contributed by atoms with Crippen molar-refractivity contribution in [2.45, 2.75) is 135 Å². The molecule has 0 heterocycles. The molecule has 1 nitrogen and oxygen atoms in total. The van der Waals surface area contributed by atoms with Gasteiger partial charge in [-0.15, -0.1) is 0 Å². The lowest BCUT2D eigenvalue weighted by Gasteiger charge is -2.39. The minimum atomic E-state index is -2.56. The zero-order valence-electron chi connectivity index (χ0n) is 23.3. The molecule has 192 valence electrons. The first-order chi connectivity index (χ1) is 16.7. The van der Waals surface area contributed by atoms with Gasteiger partial charge in [0.2, 0.25) is 0 Å². The van der Waals surface area contributed by atoms with Crippen LogP contribution < -0.4 is 5.30 Å². The summed E-state index contributed by atoms with van der Waals surface area (Å²) < 4.78 is 15.7. The predicted molar refractivity (Wildman–Crippen MR) is 155 cm³/mol. The summed E-state index contributed by atoms with van der Waals surface area (Å²) in [6, 6.07) is 13.9. The molecular formula is C33H49OP. The van der Waals surface area contributed by atoms with Crippen molar-refractivity contribution in [1.82, 2.24) is 0 Å². The summed E-state index contributed by atoms with van der Waals surface area (Å²) in [6.45, 7) is 13.9. The smallest absolute Gasteiger partial charge is 0.122 e. The maximum absolute atomic E-state index is 15.7. The van der Waals surface area contributed by atoms with Gasteiger partial charge < -0.3 is 4.57 Å². The third kappa shape index (κ3) is 5.37. The molecule has 35 heavy (non-hydrogen) atoms. The molecule has 0 aliphatic heterocycles. The van der Waals surface area contributed by atoms with E-state index in [0.717, 1.165) is 25.7 Å². The second-order valence-electron chi connectivity index (χ2n) is 12.3. The van der Waals surface area contributed by atoms with Crippen molar-refractivity contribution in [3.63, 3.8) is 0 Å². The van der Waals surface area contributed by atoms with E-state index in [1.54, 1.807) is 0 Å². The SMILES string of the molecule is CC(C)c1cc(C(C)C)c(-c2ccccc2P(=O)(C2CCCCC2)C2CCCCC2)c(C(C)C)c1. The van der Waals surface area contributed by atoms with Crippen molar-refractivity contribution in [1.29, 1.82) is 0 Å². The average Bonchev–Trinajstić information content (AvgIpc) is 2.88. The minimum Gasteiger partial charge on any atom is -0.318 e. The molecule has 0 radical (unpaired) electrons. The van der Waals surface area contributed by atoms with Gasteiger partial charge in [0.15, 0.2) is 0 Å². The second-order valence-corrected chi connectivity index (χ2v) is 15.7. The highest BCUT2D eigenvalue weighted by atomic mass is 31.2. The van der Waals surface area contributed by atoms with Crippen LogP contribution in [0.15, 0.2) is 36.4 Å². The summed E-state index contributed by atoms with van der Waals surface area (Å²) in [5.74, 6) is 1.36. The summed E-state index contributed by atoms with van der Waals surface area (Å²) in [7, 11) is -2.56. The van der Waals surface area contributed by atoms with Gasteiger partial charge in [-0.1, -0.05) is 116 Å². The first-order valence-electron chi connectivity index (χ1n) is 14.6. The van der Waals surface area contributed by atoms with Crippen LogP contribution in [-0.2, 0) is 4.57 Å². The highest BCUT2D eigenvalue weighted by Crippen LogP contribution is 2.63. The number of rotatable bonds is 7. The lowest BCUT2D eigenvalue weighted by Crippen LogP contribution is -2.30. The van der Waals surface area contributed by atoms with Gasteiger partial charge in [-0.3, -0.25) is 0 Å². The lowest BCUT2D eigenvalue weighted by molar-refractivity contribution is 0.453. The minimum absolute atomic E-state index is 0.375. The third-order valence-electron chi connectivity index (χ3n) is 8.92. The molecule has 2 aliphatic rings. The van der Waals surface area contributed by atoms with E-state index in [-0.39, 0.29) is 0 Å². The quantitative estimate of drug-likeness (QED) is 0.351. The van der Waals surface area contributed by atoms with Crippen LogP contribution in [0.2, 0.25) is 0 Å². The van der Waals surface area contributed by atoms with Gasteiger partial charge in [0.1, 0.15) is 7.14 Å². The Balaban J connectivity index is 1.98. The Morgan fingerprint density at radius 3 is 1.54 bits per heavy atom. The predicted octanol–water partition coefficient (Wildman–Crippen LogP) is 10.4. The Bertz CT molecular complexity index is 984. The van der Waals surface area contributed by atoms with E-state index in [1.807, 2.05) is 0 Å². The third-order valence-corrected chi connectivity index (χ3v) is 13.3. The van der Waals surface area contributed by atoms with Gasteiger partial charge in [0.05, 0.1) is 0 Å². The molecule has 0 amide bonds. The molecule has 2 saturated carbocycles. The fourth-order valence-electron chi connectivity index (χ4n) is 6.88. The van der Waals surface area contributed by atoms with Crippen LogP contribution in [0.1, 0.15) is 140 Å². The molecule has 0 bridgehead atoms. The van der Waals surface area contributed by atoms with Gasteiger partial charge in [0.25, 0.3) is 0 Å². The van der Waals surface area contributed by atoms with E-state index in [0.29, 0.717) is 29.1 Å². The Morgan fingerprint density at radius 2 is 1.11 bits per heavy atom. The van der Waals surface area contributed by atoms with Crippen molar-refractivity contribution >= 4 is 12.4 Å². The summed E-state index contributed by atoms with van der Waals surface area (Å²) in [5.41, 5.74) is 7.73. The Hall–Kier alpha value is -1.33. The van der Waals surface area contributed by atoms with E-state index in [9.17, 15) is 0 Å². The van der Waals surface area contributed by atoms with E-state index < -0.39 is 7.14 Å². The number of hydrogen-bond acceptors (Lipinski definition) is 1. The van der Waals surface area contributed by atoms with Crippen LogP contribution in [0.5, 0.6) is 0 Å². The van der Waals surface area contributed by atoms with Crippen LogP contribution in [0.25, 0.3) is 11.1 Å². The van der Waals surface area contributed by atoms with Gasteiger partial charge >= 0.3 is 0 Å². The topological polar surface area (TPSA) is 17.1 Å². The maximum Gasteiger partial charge on any atom is 0.122 e. The first kappa shape index (κ1) is 26.7. The van der Waals surface area contributed by atoms with Crippen molar-refractivity contribution < 1.29 is 4.57 Å². The summed E-state index contributed by atoms with van der Waals surface area (Å²) in [5, 5.41) is 1.22. The van der Waals surface area contributed by atoms with Crippen LogP contribution in [-0.4, -0.2) is 11.3 Å². The summed E-state index contributed by atoms with van der Waals surface area (Å²) in [6.07, 6.45) is 12.3. The summed E-state index contributed by atoms with van der Waals surface area (Å²) in [4.78, 5) is 0. The molecule has 0 N–H and O–H groups in total. The largest absolute Gasteiger partial charge is 0.318 e. The van der Waals surface area contributed by atoms with Gasteiger partial charge in [-0.2, -0.15) is 0 Å². The van der Waals surface area contributed by atoms with Crippen molar-refractivity contribution in [2.75, 3.05) is 0 Å². The highest BCUT2D eigenvalue weighted by molar-refractivity contribution is 7.73. The highest BCUT2D eigenvalue weighted by Gasteiger charge is 2.44. The molecule has 0 atom stereocenters. The molecule has 0 saturated heterocycles. The number of benzene rings is 2. The van der Waals surface area contributed by atoms with Crippen molar-refractivity contribution in [2.24, 2.45) is 0 Å². The molecule has 0 unspecified atom stereocenters. The Kier molecular flexibility index (Phi) is 8.69. The Morgan fingerprint density at radius 1 is 0.657 bits per heavy atom. The molecular weight excluding hydrogens is 443 g/mol. The van der Waals surface area contributed by atoms with Crippen LogP contribution in [0.4, 0.5) is 0 Å². The normalized spacial score (nSPS) is 18.7. The monoisotopic (exact) mass is 492 g/mol. The lowest BCUT2D eigenvalue weighted by atomic mass is 9.82. The molecule has 2 fully saturated rings. The van der Waals surface area contributed by atoms with E-state index in [1.165, 1.54) is 71.6 Å². The van der Waals surface area contributed by atoms with Gasteiger partial charge in [-0.25, -0.2) is 0 Å². The fraction of sp³-hybridized carbons (Fsp3) is 0.636. The second kappa shape index (κ2) is 11.4. The van der Waals surface area contributed by atoms with E-state index in [4.69, 9.17) is 0 Å². The average molecular weight is 493 g/mol. The standard InChI is InChI=1S/C33H49OP/c1-23(2)26-21-30(24(3)4)33(31(22-26)25(5)6)29-19-13-14-20-32(29)35(34,27-15-9-7-10-16-27)28-17-11-8-12-18-28/h13-14,19-25,27-28H,7-12,15-18H2,1-6H3.